The number of nitrogens with zero attached hydrogens (tertiary/aromatic N) is 3. The van der Waals surface area contributed by atoms with Crippen LogP contribution >= 0.6 is 11.6 Å². The molecule has 0 unspecified atom stereocenters. The van der Waals surface area contributed by atoms with Gasteiger partial charge in [0.1, 0.15) is 13.1 Å². The van der Waals surface area contributed by atoms with Crippen LogP contribution in [0.5, 0.6) is 0 Å². The first-order valence-electron chi connectivity index (χ1n) is 6.62. The van der Waals surface area contributed by atoms with Gasteiger partial charge >= 0.3 is 11.9 Å². The summed E-state index contributed by atoms with van der Waals surface area (Å²) >= 11 is 5.69. The van der Waals surface area contributed by atoms with Crippen LogP contribution in [0.25, 0.3) is 0 Å². The van der Waals surface area contributed by atoms with Gasteiger partial charge in [0.25, 0.3) is 0 Å². The predicted octanol–water partition coefficient (Wildman–Crippen LogP) is -2.25. The Morgan fingerprint density at radius 2 is 1.16 bits per heavy atom. The van der Waals surface area contributed by atoms with Crippen LogP contribution in [-0.2, 0) is 19.2 Å². The van der Waals surface area contributed by atoms with Crippen LogP contribution in [0, 0.1) is 0 Å². The van der Waals surface area contributed by atoms with Gasteiger partial charge in [0.15, 0.2) is 0 Å². The van der Waals surface area contributed by atoms with E-state index in [1.165, 1.54) is 0 Å². The number of carboxylic acids is 2. The first-order chi connectivity index (χ1) is 11.8. The highest BCUT2D eigenvalue weighted by atomic mass is 35.5. The summed E-state index contributed by atoms with van der Waals surface area (Å²) in [5.41, 5.74) is 0. The second-order valence-corrected chi connectivity index (χ2v) is 4.64. The van der Waals surface area contributed by atoms with E-state index in [2.05, 4.69) is 36.2 Å². The molecule has 0 saturated carbocycles. The lowest BCUT2D eigenvalue weighted by molar-refractivity contribution is -0.138. The number of nitrogens with one attached hydrogen (secondary N) is 4. The second-order valence-electron chi connectivity index (χ2n) is 4.30. The Labute approximate surface area is 145 Å². The van der Waals surface area contributed by atoms with Crippen molar-refractivity contribution in [3.05, 3.63) is 5.28 Å². The molecule has 25 heavy (non-hydrogen) atoms. The summed E-state index contributed by atoms with van der Waals surface area (Å²) in [6, 6.07) is 0. The third kappa shape index (κ3) is 8.85. The van der Waals surface area contributed by atoms with Crippen LogP contribution in [0.4, 0.5) is 11.9 Å². The number of carbonyl (C=O) groups excluding carboxylic acids is 2. The van der Waals surface area contributed by atoms with Crippen molar-refractivity contribution in [3.63, 3.8) is 0 Å². The monoisotopic (exact) mass is 375 g/mol. The molecule has 1 heterocycles. The van der Waals surface area contributed by atoms with Crippen molar-refractivity contribution >= 4 is 47.3 Å². The van der Waals surface area contributed by atoms with Crippen LogP contribution in [-0.4, -0.2) is 75.1 Å². The number of anilines is 2. The molecule has 0 fully saturated rings. The third-order valence-electron chi connectivity index (χ3n) is 2.30. The number of hydrogen-bond donors (Lipinski definition) is 6. The fraction of sp³-hybridized carbons (Fsp3) is 0.364. The summed E-state index contributed by atoms with van der Waals surface area (Å²) in [6.45, 7) is -1.69. The Bertz CT molecular complexity index is 618. The van der Waals surface area contributed by atoms with Crippen molar-refractivity contribution in [2.75, 3.05) is 36.8 Å². The molecule has 2 amide bonds. The fourth-order valence-corrected chi connectivity index (χ4v) is 1.46. The van der Waals surface area contributed by atoms with E-state index in [0.29, 0.717) is 0 Å². The Hall–Kier alpha value is -3.22. The maximum Gasteiger partial charge on any atom is 0.322 e. The van der Waals surface area contributed by atoms with Crippen molar-refractivity contribution < 1.29 is 29.4 Å². The van der Waals surface area contributed by atoms with Crippen LogP contribution in [0.2, 0.25) is 5.28 Å². The number of aromatic nitrogens is 3. The average Bonchev–Trinajstić information content (AvgIpc) is 2.54. The summed E-state index contributed by atoms with van der Waals surface area (Å²) < 4.78 is 0. The Morgan fingerprint density at radius 3 is 1.52 bits per heavy atom. The molecule has 6 N–H and O–H groups in total. The molecule has 0 saturated heterocycles. The molecule has 0 atom stereocenters. The van der Waals surface area contributed by atoms with E-state index in [1.807, 2.05) is 0 Å². The molecule has 14 heteroatoms. The molecule has 0 spiro atoms. The molecular weight excluding hydrogens is 362 g/mol. The van der Waals surface area contributed by atoms with Crippen molar-refractivity contribution in [3.8, 4) is 0 Å². The van der Waals surface area contributed by atoms with Crippen molar-refractivity contribution in [1.82, 2.24) is 25.6 Å². The SMILES string of the molecule is O=C(O)CNC(=O)CNc1nc(Cl)nc(NCC(=O)NCC(=O)O)n1. The zero-order valence-electron chi connectivity index (χ0n) is 12.6. The Kier molecular flexibility index (Phi) is 7.78. The first-order valence-corrected chi connectivity index (χ1v) is 7.00. The van der Waals surface area contributed by atoms with E-state index < -0.39 is 36.8 Å². The minimum absolute atomic E-state index is 0.0843. The van der Waals surface area contributed by atoms with Gasteiger partial charge in [-0.05, 0) is 11.6 Å². The molecular formula is C11H14ClN7O6. The largest absolute Gasteiger partial charge is 0.480 e. The second kappa shape index (κ2) is 9.82. The van der Waals surface area contributed by atoms with E-state index in [9.17, 15) is 19.2 Å². The number of halogens is 1. The first kappa shape index (κ1) is 19.8. The highest BCUT2D eigenvalue weighted by Crippen LogP contribution is 2.08. The quantitative estimate of drug-likeness (QED) is 0.258. The molecule has 136 valence electrons. The normalized spacial score (nSPS) is 9.80. The van der Waals surface area contributed by atoms with Gasteiger partial charge in [-0.15, -0.1) is 0 Å². The van der Waals surface area contributed by atoms with Gasteiger partial charge in [-0.3, -0.25) is 19.2 Å². The number of amides is 2. The standard InChI is InChI=1S/C11H14ClN7O6/c12-9-17-10(15-1-5(20)13-3-7(22)23)19-11(18-9)16-2-6(21)14-4-8(24)25/h1-4H2,(H,13,20)(H,14,21)(H,22,23)(H,24,25)(H2,15,16,17,18,19). The average molecular weight is 376 g/mol. The van der Waals surface area contributed by atoms with Crippen LogP contribution in [0.15, 0.2) is 0 Å². The number of hydrogen-bond acceptors (Lipinski definition) is 9. The molecule has 0 aliphatic rings. The minimum Gasteiger partial charge on any atom is -0.480 e. The maximum absolute atomic E-state index is 11.4. The molecule has 0 aliphatic carbocycles. The van der Waals surface area contributed by atoms with E-state index in [0.717, 1.165) is 0 Å². The Morgan fingerprint density at radius 1 is 0.760 bits per heavy atom. The lowest BCUT2D eigenvalue weighted by Crippen LogP contribution is -2.34. The molecule has 1 aromatic rings. The summed E-state index contributed by atoms with van der Waals surface area (Å²) in [5, 5.41) is 25.9. The van der Waals surface area contributed by atoms with Gasteiger partial charge in [0.2, 0.25) is 29.0 Å². The van der Waals surface area contributed by atoms with Crippen LogP contribution < -0.4 is 21.3 Å². The Balaban J connectivity index is 2.52. The lowest BCUT2D eigenvalue weighted by Gasteiger charge is -2.08. The van der Waals surface area contributed by atoms with Crippen molar-refractivity contribution in [1.29, 1.82) is 0 Å². The van der Waals surface area contributed by atoms with Crippen LogP contribution in [0.3, 0.4) is 0 Å². The zero-order chi connectivity index (χ0) is 18.8. The number of carbonyl (C=O) groups is 4. The van der Waals surface area contributed by atoms with E-state index >= 15 is 0 Å². The van der Waals surface area contributed by atoms with E-state index in [4.69, 9.17) is 21.8 Å². The summed E-state index contributed by atoms with van der Waals surface area (Å²) in [6.07, 6.45) is 0. The fourth-order valence-electron chi connectivity index (χ4n) is 1.30. The van der Waals surface area contributed by atoms with Crippen LogP contribution in [0.1, 0.15) is 0 Å². The molecule has 1 aromatic heterocycles. The molecule has 0 bridgehead atoms. The highest BCUT2D eigenvalue weighted by Gasteiger charge is 2.09. The van der Waals surface area contributed by atoms with Crippen molar-refractivity contribution in [2.45, 2.75) is 0 Å². The van der Waals surface area contributed by atoms with Crippen molar-refractivity contribution in [2.24, 2.45) is 0 Å². The van der Waals surface area contributed by atoms with E-state index in [-0.39, 0.29) is 30.3 Å². The summed E-state index contributed by atoms with van der Waals surface area (Å²) in [7, 11) is 0. The van der Waals surface area contributed by atoms with Gasteiger partial charge in [-0.1, -0.05) is 0 Å². The molecule has 0 aliphatic heterocycles. The lowest BCUT2D eigenvalue weighted by atomic mass is 10.5. The summed E-state index contributed by atoms with van der Waals surface area (Å²) in [4.78, 5) is 54.6. The van der Waals surface area contributed by atoms with Gasteiger partial charge in [-0.2, -0.15) is 15.0 Å². The molecule has 13 nitrogen and oxygen atoms in total. The topological polar surface area (TPSA) is 196 Å². The predicted molar refractivity (Wildman–Crippen MR) is 83.1 cm³/mol. The number of rotatable bonds is 10. The van der Waals surface area contributed by atoms with E-state index in [1.54, 1.807) is 0 Å². The van der Waals surface area contributed by atoms with Gasteiger partial charge in [0.05, 0.1) is 13.1 Å². The minimum atomic E-state index is -1.19. The highest BCUT2D eigenvalue weighted by molar-refractivity contribution is 6.28. The molecule has 1 rings (SSSR count). The number of carboxylic acid groups (broad SMARTS) is 2. The molecule has 0 radical (unpaired) electrons. The summed E-state index contributed by atoms with van der Waals surface area (Å²) in [5.74, 6) is -3.77. The van der Waals surface area contributed by atoms with Gasteiger partial charge in [0, 0.05) is 0 Å². The van der Waals surface area contributed by atoms with Gasteiger partial charge in [-0.25, -0.2) is 0 Å². The molecule has 0 aromatic carbocycles. The maximum atomic E-state index is 11.4. The van der Waals surface area contributed by atoms with Gasteiger partial charge < -0.3 is 31.5 Å². The third-order valence-corrected chi connectivity index (χ3v) is 2.46. The number of aliphatic carboxylic acids is 2. The zero-order valence-corrected chi connectivity index (χ0v) is 13.3. The smallest absolute Gasteiger partial charge is 0.322 e.